The van der Waals surface area contributed by atoms with Crippen LogP contribution in [0.25, 0.3) is 0 Å². The minimum atomic E-state index is -4.45. The van der Waals surface area contributed by atoms with Gasteiger partial charge in [-0.1, -0.05) is 46.3 Å². The molecule has 1 atom stereocenters. The van der Waals surface area contributed by atoms with Gasteiger partial charge in [0.15, 0.2) is 11.5 Å². The van der Waals surface area contributed by atoms with Gasteiger partial charge in [0.2, 0.25) is 0 Å². The molecule has 5 nitrogen and oxygen atoms in total. The summed E-state index contributed by atoms with van der Waals surface area (Å²) in [6, 6.07) is 16.4. The molecule has 188 valence electrons. The number of hydrogen-bond donors (Lipinski definition) is 1. The van der Waals surface area contributed by atoms with E-state index in [4.69, 9.17) is 18.9 Å². The molecule has 9 heteroatoms. The lowest BCUT2D eigenvalue weighted by Gasteiger charge is -2.17. The molecule has 0 saturated carbocycles. The minimum absolute atomic E-state index is 0.0719. The second-order valence-electron chi connectivity index (χ2n) is 7.76. The Bertz CT molecular complexity index is 1120. The van der Waals surface area contributed by atoms with Gasteiger partial charge in [-0.2, -0.15) is 13.2 Å². The summed E-state index contributed by atoms with van der Waals surface area (Å²) in [7, 11) is 3.13. The molecule has 35 heavy (non-hydrogen) atoms. The topological polar surface area (TPSA) is 57.2 Å². The first kappa shape index (κ1) is 27.0. The average Bonchev–Trinajstić information content (AvgIpc) is 2.83. The van der Waals surface area contributed by atoms with Crippen LogP contribution >= 0.6 is 15.9 Å². The minimum Gasteiger partial charge on any atom is -0.493 e. The van der Waals surface area contributed by atoms with Crippen LogP contribution in [0.3, 0.4) is 0 Å². The summed E-state index contributed by atoms with van der Waals surface area (Å²) in [6.45, 7) is 0.423. The molecule has 3 aromatic carbocycles. The Morgan fingerprint density at radius 2 is 1.54 bits per heavy atom. The number of alkyl halides is 3. The molecule has 0 aromatic heterocycles. The highest BCUT2D eigenvalue weighted by Gasteiger charge is 2.31. The molecule has 0 saturated heterocycles. The zero-order valence-electron chi connectivity index (χ0n) is 19.3. The summed E-state index contributed by atoms with van der Waals surface area (Å²) in [5, 5.41) is 10.7. The number of aliphatic hydroxyl groups is 1. The SMILES string of the molecule is COc1ccc(COCc2ccccc2C(O)COCc2cc(Br)cc(C(F)(F)F)c2)cc1OC. The third-order valence-electron chi connectivity index (χ3n) is 5.22. The quantitative estimate of drug-likeness (QED) is 0.295. The average molecular weight is 555 g/mol. The summed E-state index contributed by atoms with van der Waals surface area (Å²) in [6.07, 6.45) is -5.42. The van der Waals surface area contributed by atoms with Crippen molar-refractivity contribution in [2.45, 2.75) is 32.1 Å². The van der Waals surface area contributed by atoms with E-state index in [0.717, 1.165) is 23.3 Å². The van der Waals surface area contributed by atoms with E-state index in [1.165, 1.54) is 0 Å². The van der Waals surface area contributed by atoms with E-state index < -0.39 is 17.8 Å². The summed E-state index contributed by atoms with van der Waals surface area (Å²) >= 11 is 3.10. The molecule has 3 rings (SSSR count). The molecule has 0 amide bonds. The zero-order chi connectivity index (χ0) is 25.4. The van der Waals surface area contributed by atoms with Crippen LogP contribution in [0.2, 0.25) is 0 Å². The number of halogens is 4. The molecule has 0 radical (unpaired) electrons. The second-order valence-corrected chi connectivity index (χ2v) is 8.67. The number of hydrogen-bond acceptors (Lipinski definition) is 5. The van der Waals surface area contributed by atoms with Crippen molar-refractivity contribution in [1.29, 1.82) is 0 Å². The molecule has 0 heterocycles. The van der Waals surface area contributed by atoms with E-state index in [1.54, 1.807) is 38.5 Å². The summed E-state index contributed by atoms with van der Waals surface area (Å²) < 4.78 is 61.3. The van der Waals surface area contributed by atoms with E-state index in [2.05, 4.69) is 15.9 Å². The molecule has 0 bridgehead atoms. The van der Waals surface area contributed by atoms with Gasteiger partial charge >= 0.3 is 6.18 Å². The molecular weight excluding hydrogens is 529 g/mol. The Hall–Kier alpha value is -2.59. The van der Waals surface area contributed by atoms with Gasteiger partial charge < -0.3 is 24.1 Å². The maximum absolute atomic E-state index is 13.0. The van der Waals surface area contributed by atoms with Crippen LogP contribution in [0.1, 0.15) is 33.9 Å². The Morgan fingerprint density at radius 3 is 2.26 bits per heavy atom. The molecule has 0 spiro atoms. The molecule has 0 aliphatic rings. The van der Waals surface area contributed by atoms with Crippen molar-refractivity contribution in [2.24, 2.45) is 0 Å². The summed E-state index contributed by atoms with van der Waals surface area (Å²) in [4.78, 5) is 0. The van der Waals surface area contributed by atoms with Crippen LogP contribution in [0.15, 0.2) is 65.1 Å². The van der Waals surface area contributed by atoms with Crippen molar-refractivity contribution in [1.82, 2.24) is 0 Å². The smallest absolute Gasteiger partial charge is 0.416 e. The van der Waals surface area contributed by atoms with Crippen molar-refractivity contribution < 1.29 is 37.2 Å². The first-order chi connectivity index (χ1) is 16.7. The third-order valence-corrected chi connectivity index (χ3v) is 5.68. The molecule has 1 N–H and O–H groups in total. The standard InChI is InChI=1S/C26H26BrF3O5/c1-32-24-8-7-17(11-25(24)33-2)13-34-15-19-5-3-4-6-22(19)23(31)16-35-14-18-9-20(26(28,29)30)12-21(27)10-18/h3-12,23,31H,13-16H2,1-2H3. The third kappa shape index (κ3) is 7.70. The van der Waals surface area contributed by atoms with Crippen LogP contribution < -0.4 is 9.47 Å². The highest BCUT2D eigenvalue weighted by molar-refractivity contribution is 9.10. The lowest BCUT2D eigenvalue weighted by Crippen LogP contribution is -2.11. The monoisotopic (exact) mass is 554 g/mol. The van der Waals surface area contributed by atoms with Gasteiger partial charge in [-0.3, -0.25) is 0 Å². The van der Waals surface area contributed by atoms with E-state index in [1.807, 2.05) is 24.3 Å². The van der Waals surface area contributed by atoms with Crippen molar-refractivity contribution in [2.75, 3.05) is 20.8 Å². The molecule has 0 aliphatic carbocycles. The van der Waals surface area contributed by atoms with Crippen molar-refractivity contribution in [3.8, 4) is 11.5 Å². The normalized spacial score (nSPS) is 12.4. The predicted octanol–water partition coefficient (Wildman–Crippen LogP) is 6.45. The van der Waals surface area contributed by atoms with Gasteiger partial charge in [-0.25, -0.2) is 0 Å². The number of aliphatic hydroxyl groups excluding tert-OH is 1. The van der Waals surface area contributed by atoms with Crippen LogP contribution in [0.5, 0.6) is 11.5 Å². The van der Waals surface area contributed by atoms with Gasteiger partial charge in [0, 0.05) is 4.47 Å². The van der Waals surface area contributed by atoms with E-state index in [9.17, 15) is 18.3 Å². The molecule has 0 fully saturated rings. The fourth-order valence-electron chi connectivity index (χ4n) is 3.52. The lowest BCUT2D eigenvalue weighted by molar-refractivity contribution is -0.137. The van der Waals surface area contributed by atoms with Crippen molar-refractivity contribution in [3.63, 3.8) is 0 Å². The predicted molar refractivity (Wildman–Crippen MR) is 128 cm³/mol. The highest BCUT2D eigenvalue weighted by atomic mass is 79.9. The number of rotatable bonds is 11. The fraction of sp³-hybridized carbons (Fsp3) is 0.308. The maximum atomic E-state index is 13.0. The molecule has 1 unspecified atom stereocenters. The Labute approximate surface area is 210 Å². The number of ether oxygens (including phenoxy) is 4. The largest absolute Gasteiger partial charge is 0.493 e. The first-order valence-corrected chi connectivity index (χ1v) is 11.5. The zero-order valence-corrected chi connectivity index (χ0v) is 20.9. The maximum Gasteiger partial charge on any atom is 0.416 e. The second kappa shape index (κ2) is 12.4. The summed E-state index contributed by atoms with van der Waals surface area (Å²) in [5.74, 6) is 1.23. The highest BCUT2D eigenvalue weighted by Crippen LogP contribution is 2.32. The van der Waals surface area contributed by atoms with Crippen LogP contribution in [0, 0.1) is 0 Å². The van der Waals surface area contributed by atoms with E-state index in [-0.39, 0.29) is 19.8 Å². The molecular formula is C26H26BrF3O5. The van der Waals surface area contributed by atoms with Crippen molar-refractivity contribution >= 4 is 15.9 Å². The summed E-state index contributed by atoms with van der Waals surface area (Å²) in [5.41, 5.74) is 1.90. The first-order valence-electron chi connectivity index (χ1n) is 10.7. The van der Waals surface area contributed by atoms with Crippen molar-refractivity contribution in [3.05, 3.63) is 93.0 Å². The van der Waals surface area contributed by atoms with E-state index >= 15 is 0 Å². The van der Waals surface area contributed by atoms with Crippen LogP contribution in [-0.2, 0) is 35.5 Å². The Kier molecular flexibility index (Phi) is 9.56. The van der Waals surface area contributed by atoms with Gasteiger partial charge in [0.1, 0.15) is 6.10 Å². The van der Waals surface area contributed by atoms with E-state index in [0.29, 0.717) is 33.7 Å². The van der Waals surface area contributed by atoms with Crippen LogP contribution in [0.4, 0.5) is 13.2 Å². The number of methoxy groups -OCH3 is 2. The lowest BCUT2D eigenvalue weighted by atomic mass is 10.0. The molecule has 0 aliphatic heterocycles. The molecule has 3 aromatic rings. The number of benzene rings is 3. The van der Waals surface area contributed by atoms with Gasteiger partial charge in [-0.05, 0) is 52.6 Å². The Morgan fingerprint density at radius 1 is 0.829 bits per heavy atom. The van der Waals surface area contributed by atoms with Gasteiger partial charge in [0.05, 0.1) is 46.2 Å². The van der Waals surface area contributed by atoms with Crippen LogP contribution in [-0.4, -0.2) is 25.9 Å². The Balaban J connectivity index is 1.57. The fourth-order valence-corrected chi connectivity index (χ4v) is 4.06. The van der Waals surface area contributed by atoms with Gasteiger partial charge in [0.25, 0.3) is 0 Å². The van der Waals surface area contributed by atoms with Gasteiger partial charge in [-0.15, -0.1) is 0 Å².